The summed E-state index contributed by atoms with van der Waals surface area (Å²) in [6.07, 6.45) is 2.47. The van der Waals surface area contributed by atoms with Crippen LogP contribution in [0.4, 0.5) is 0 Å². The van der Waals surface area contributed by atoms with E-state index in [2.05, 4.69) is 43.9 Å². The van der Waals surface area contributed by atoms with Crippen molar-refractivity contribution in [3.63, 3.8) is 0 Å². The second-order valence-corrected chi connectivity index (χ2v) is 6.06. The highest BCUT2D eigenvalue weighted by Crippen LogP contribution is 2.22. The van der Waals surface area contributed by atoms with Crippen LogP contribution < -0.4 is 10.1 Å². The number of carbonyl (C=O) groups is 1. The van der Waals surface area contributed by atoms with Gasteiger partial charge in [0.1, 0.15) is 5.75 Å². The fourth-order valence-electron chi connectivity index (χ4n) is 2.63. The quantitative estimate of drug-likeness (QED) is 0.793. The Labute approximate surface area is 144 Å². The molecule has 0 saturated heterocycles. The van der Waals surface area contributed by atoms with E-state index in [1.54, 1.807) is 19.3 Å². The highest BCUT2D eigenvalue weighted by Gasteiger charge is 2.14. The minimum atomic E-state index is -0.0892. The number of ether oxygens (including phenoxy) is 1. The monoisotopic (exact) mass is 323 g/mol. The molecule has 1 N–H and O–H groups in total. The number of aryl methyl sites for hydroxylation is 2. The largest absolute Gasteiger partial charge is 0.496 e. The Morgan fingerprint density at radius 2 is 1.96 bits per heavy atom. The van der Waals surface area contributed by atoms with Gasteiger partial charge in [-0.2, -0.15) is 0 Å². The van der Waals surface area contributed by atoms with Gasteiger partial charge in [0.05, 0.1) is 13.2 Å². The van der Waals surface area contributed by atoms with Crippen LogP contribution in [-0.4, -0.2) is 13.0 Å². The van der Waals surface area contributed by atoms with Crippen molar-refractivity contribution in [3.05, 3.63) is 76.9 Å². The molecule has 3 nitrogen and oxygen atoms in total. The summed E-state index contributed by atoms with van der Waals surface area (Å²) in [5.41, 5.74) is 5.17. The molecule has 2 aromatic rings. The van der Waals surface area contributed by atoms with Crippen molar-refractivity contribution in [3.8, 4) is 5.75 Å². The summed E-state index contributed by atoms with van der Waals surface area (Å²) in [5.74, 6) is 0.683. The lowest BCUT2D eigenvalue weighted by Crippen LogP contribution is -2.26. The number of hydrogen-bond donors (Lipinski definition) is 1. The molecule has 0 aliphatic heterocycles. The number of hydrogen-bond acceptors (Lipinski definition) is 2. The van der Waals surface area contributed by atoms with Crippen LogP contribution in [-0.2, 0) is 6.42 Å². The molecule has 0 heterocycles. The topological polar surface area (TPSA) is 38.3 Å². The van der Waals surface area contributed by atoms with Crippen molar-refractivity contribution < 1.29 is 9.53 Å². The number of nitrogens with one attached hydrogen (secondary N) is 1. The van der Waals surface area contributed by atoms with Crippen LogP contribution in [0.25, 0.3) is 0 Å². The number of methoxy groups -OCH3 is 1. The van der Waals surface area contributed by atoms with Gasteiger partial charge in [0, 0.05) is 5.56 Å². The van der Waals surface area contributed by atoms with Crippen LogP contribution in [0.2, 0.25) is 0 Å². The summed E-state index contributed by atoms with van der Waals surface area (Å²) in [7, 11) is 1.63. The molecule has 0 aliphatic rings. The molecule has 0 saturated carbocycles. The fraction of sp³-hybridized carbons (Fsp3) is 0.286. The number of rotatable bonds is 6. The second-order valence-electron chi connectivity index (χ2n) is 6.06. The summed E-state index contributed by atoms with van der Waals surface area (Å²) < 4.78 is 5.33. The molecule has 126 valence electrons. The van der Waals surface area contributed by atoms with Crippen molar-refractivity contribution >= 4 is 5.91 Å². The van der Waals surface area contributed by atoms with Gasteiger partial charge in [-0.05, 0) is 67.6 Å². The molecule has 0 aromatic heterocycles. The minimum Gasteiger partial charge on any atom is -0.496 e. The summed E-state index contributed by atoms with van der Waals surface area (Å²) in [5, 5.41) is 3.06. The summed E-state index contributed by atoms with van der Waals surface area (Å²) in [6.45, 7) is 9.92. The molecule has 0 bridgehead atoms. The fourth-order valence-corrected chi connectivity index (χ4v) is 2.63. The van der Waals surface area contributed by atoms with E-state index in [9.17, 15) is 4.79 Å². The molecule has 2 aromatic carbocycles. The maximum Gasteiger partial charge on any atom is 0.251 e. The summed E-state index contributed by atoms with van der Waals surface area (Å²) >= 11 is 0. The number of benzene rings is 2. The molecule has 0 unspecified atom stereocenters. The highest BCUT2D eigenvalue weighted by atomic mass is 16.5. The molecule has 1 amide bonds. The Hall–Kier alpha value is -2.55. The number of allylic oxidation sites excluding steroid dienone is 1. The zero-order valence-electron chi connectivity index (χ0n) is 14.8. The smallest absolute Gasteiger partial charge is 0.251 e. The van der Waals surface area contributed by atoms with Gasteiger partial charge < -0.3 is 10.1 Å². The van der Waals surface area contributed by atoms with Crippen LogP contribution >= 0.6 is 0 Å². The van der Waals surface area contributed by atoms with Gasteiger partial charge >= 0.3 is 0 Å². The highest BCUT2D eigenvalue weighted by molar-refractivity contribution is 5.94. The van der Waals surface area contributed by atoms with Crippen molar-refractivity contribution in [1.82, 2.24) is 5.32 Å². The molecule has 1 atom stereocenters. The van der Waals surface area contributed by atoms with Crippen molar-refractivity contribution in [1.29, 1.82) is 0 Å². The normalized spacial score (nSPS) is 11.7. The molecular weight excluding hydrogens is 298 g/mol. The van der Waals surface area contributed by atoms with E-state index in [1.165, 1.54) is 11.1 Å². The standard InChI is InChI=1S/C21H25NO2/c1-6-7-18-13-19(10-11-20(18)24-5)21(23)22-16(4)17-9-8-14(2)15(3)12-17/h6,8-13,16H,1,7H2,2-5H3,(H,22,23)/t16-/m0/s1. The van der Waals surface area contributed by atoms with E-state index in [0.29, 0.717) is 12.0 Å². The van der Waals surface area contributed by atoms with Crippen molar-refractivity contribution in [2.75, 3.05) is 7.11 Å². The maximum absolute atomic E-state index is 12.6. The molecule has 0 spiro atoms. The summed E-state index contributed by atoms with van der Waals surface area (Å²) in [6, 6.07) is 11.7. The van der Waals surface area contributed by atoms with Crippen LogP contribution in [0.5, 0.6) is 5.75 Å². The van der Waals surface area contributed by atoms with Crippen LogP contribution in [0.15, 0.2) is 49.1 Å². The van der Waals surface area contributed by atoms with Crippen LogP contribution in [0.3, 0.4) is 0 Å². The zero-order chi connectivity index (χ0) is 17.7. The number of amides is 1. The number of carbonyl (C=O) groups excluding carboxylic acids is 1. The Morgan fingerprint density at radius 1 is 1.21 bits per heavy atom. The third kappa shape index (κ3) is 4.05. The van der Waals surface area contributed by atoms with E-state index in [1.807, 2.05) is 19.1 Å². The van der Waals surface area contributed by atoms with Gasteiger partial charge in [0.2, 0.25) is 0 Å². The molecule has 24 heavy (non-hydrogen) atoms. The van der Waals surface area contributed by atoms with Gasteiger partial charge in [-0.1, -0.05) is 24.3 Å². The average molecular weight is 323 g/mol. The molecule has 2 rings (SSSR count). The Morgan fingerprint density at radius 3 is 2.58 bits per heavy atom. The predicted octanol–water partition coefficient (Wildman–Crippen LogP) is 4.53. The SMILES string of the molecule is C=CCc1cc(C(=O)N[C@@H](C)c2ccc(C)c(C)c2)ccc1OC. The van der Waals surface area contributed by atoms with E-state index in [4.69, 9.17) is 4.74 Å². The molecule has 3 heteroatoms. The Kier molecular flexibility index (Phi) is 5.80. The van der Waals surface area contributed by atoms with E-state index in [0.717, 1.165) is 16.9 Å². The molecular formula is C21H25NO2. The zero-order valence-corrected chi connectivity index (χ0v) is 14.8. The third-order valence-corrected chi connectivity index (χ3v) is 4.29. The first kappa shape index (κ1) is 17.8. The van der Waals surface area contributed by atoms with Gasteiger partial charge in [-0.15, -0.1) is 6.58 Å². The molecule has 0 radical (unpaired) electrons. The first-order chi connectivity index (χ1) is 11.5. The van der Waals surface area contributed by atoms with Crippen molar-refractivity contribution in [2.24, 2.45) is 0 Å². The molecule has 0 aliphatic carbocycles. The first-order valence-corrected chi connectivity index (χ1v) is 8.12. The van der Waals surface area contributed by atoms with Crippen molar-refractivity contribution in [2.45, 2.75) is 33.2 Å². The lowest BCUT2D eigenvalue weighted by atomic mass is 10.0. The Bertz CT molecular complexity index is 749. The van der Waals surface area contributed by atoms with Gasteiger partial charge in [-0.3, -0.25) is 4.79 Å². The van der Waals surface area contributed by atoms with Gasteiger partial charge in [-0.25, -0.2) is 0 Å². The summed E-state index contributed by atoms with van der Waals surface area (Å²) in [4.78, 5) is 12.6. The third-order valence-electron chi connectivity index (χ3n) is 4.29. The predicted molar refractivity (Wildman–Crippen MR) is 98.7 cm³/mol. The maximum atomic E-state index is 12.6. The van der Waals surface area contributed by atoms with Gasteiger partial charge in [0.25, 0.3) is 5.91 Å². The van der Waals surface area contributed by atoms with E-state index < -0.39 is 0 Å². The lowest BCUT2D eigenvalue weighted by Gasteiger charge is -2.16. The van der Waals surface area contributed by atoms with Crippen LogP contribution in [0.1, 0.15) is 45.6 Å². The second kappa shape index (κ2) is 7.82. The van der Waals surface area contributed by atoms with E-state index in [-0.39, 0.29) is 11.9 Å². The average Bonchev–Trinajstić information content (AvgIpc) is 2.57. The first-order valence-electron chi connectivity index (χ1n) is 8.12. The van der Waals surface area contributed by atoms with Gasteiger partial charge in [0.15, 0.2) is 0 Å². The Balaban J connectivity index is 2.17. The van der Waals surface area contributed by atoms with E-state index >= 15 is 0 Å². The van der Waals surface area contributed by atoms with Crippen LogP contribution in [0, 0.1) is 13.8 Å². The lowest BCUT2D eigenvalue weighted by molar-refractivity contribution is 0.0939. The molecule has 0 fully saturated rings. The minimum absolute atomic E-state index is 0.0539.